The topological polar surface area (TPSA) is 35.2 Å². The number of rotatable bonds is 1. The summed E-state index contributed by atoms with van der Waals surface area (Å²) in [5.74, 6) is 0.935. The van der Waals surface area contributed by atoms with Crippen molar-refractivity contribution in [3.63, 3.8) is 0 Å². The predicted molar refractivity (Wildman–Crippen MR) is 75.1 cm³/mol. The van der Waals surface area contributed by atoms with Crippen LogP contribution in [0.15, 0.2) is 30.3 Å². The van der Waals surface area contributed by atoms with E-state index in [-0.39, 0.29) is 12.1 Å². The lowest BCUT2D eigenvalue weighted by atomic mass is 9.94. The van der Waals surface area contributed by atoms with E-state index in [1.165, 1.54) is 15.3 Å². The van der Waals surface area contributed by atoms with Gasteiger partial charge in [-0.3, -0.25) is 0 Å². The van der Waals surface area contributed by atoms with Crippen LogP contribution in [-0.2, 0) is 0 Å². The molecule has 0 aliphatic carbocycles. The molecule has 0 spiro atoms. The summed E-state index contributed by atoms with van der Waals surface area (Å²) in [6.07, 6.45) is 0.952. The first-order valence-electron chi connectivity index (χ1n) is 6.23. The summed E-state index contributed by atoms with van der Waals surface area (Å²) >= 11 is 1.82. The van der Waals surface area contributed by atoms with Crippen molar-refractivity contribution in [2.45, 2.75) is 32.4 Å². The van der Waals surface area contributed by atoms with Crippen molar-refractivity contribution in [3.8, 4) is 5.75 Å². The van der Waals surface area contributed by atoms with E-state index in [0.717, 1.165) is 17.7 Å². The van der Waals surface area contributed by atoms with Crippen molar-refractivity contribution in [2.75, 3.05) is 0 Å². The molecule has 0 amide bonds. The second-order valence-corrected chi connectivity index (χ2v) is 6.32. The van der Waals surface area contributed by atoms with Crippen LogP contribution in [0.1, 0.15) is 39.4 Å². The third-order valence-corrected chi connectivity index (χ3v) is 4.46. The summed E-state index contributed by atoms with van der Waals surface area (Å²) in [4.78, 5) is 2.67. The van der Waals surface area contributed by atoms with Crippen molar-refractivity contribution < 1.29 is 4.74 Å². The number of benzene rings is 1. The third-order valence-electron chi connectivity index (χ3n) is 3.48. The van der Waals surface area contributed by atoms with Crippen LogP contribution in [0.5, 0.6) is 5.75 Å². The van der Waals surface area contributed by atoms with Crippen molar-refractivity contribution in [1.82, 2.24) is 0 Å². The zero-order valence-electron chi connectivity index (χ0n) is 10.6. The monoisotopic (exact) mass is 259 g/mol. The standard InChI is InChI=1S/C15H17NOS/c1-9-7-12(10(2)18-9)15-8-13(16)11-5-3-4-6-14(11)17-15/h3-7,13,15H,8,16H2,1-2H3. The minimum absolute atomic E-state index is 0.0690. The Morgan fingerprint density at radius 1 is 1.22 bits per heavy atom. The van der Waals surface area contributed by atoms with Gasteiger partial charge in [0, 0.05) is 33.3 Å². The van der Waals surface area contributed by atoms with E-state index >= 15 is 0 Å². The highest BCUT2D eigenvalue weighted by Crippen LogP contribution is 2.41. The second-order valence-electron chi connectivity index (χ2n) is 4.86. The Kier molecular flexibility index (Phi) is 2.88. The van der Waals surface area contributed by atoms with Crippen LogP contribution in [0.2, 0.25) is 0 Å². The lowest BCUT2D eigenvalue weighted by molar-refractivity contribution is 0.161. The smallest absolute Gasteiger partial charge is 0.127 e. The lowest BCUT2D eigenvalue weighted by Crippen LogP contribution is -2.24. The average Bonchev–Trinajstić information content (AvgIpc) is 2.68. The van der Waals surface area contributed by atoms with Crippen molar-refractivity contribution >= 4 is 11.3 Å². The first-order valence-corrected chi connectivity index (χ1v) is 7.05. The average molecular weight is 259 g/mol. The minimum atomic E-state index is 0.0690. The molecule has 0 fully saturated rings. The van der Waals surface area contributed by atoms with Gasteiger partial charge in [0.05, 0.1) is 0 Å². The van der Waals surface area contributed by atoms with Crippen LogP contribution in [0.25, 0.3) is 0 Å². The molecule has 2 heterocycles. The van der Waals surface area contributed by atoms with Gasteiger partial charge < -0.3 is 10.5 Å². The maximum absolute atomic E-state index is 6.25. The lowest BCUT2D eigenvalue weighted by Gasteiger charge is -2.30. The van der Waals surface area contributed by atoms with Crippen molar-refractivity contribution in [3.05, 3.63) is 51.2 Å². The van der Waals surface area contributed by atoms with Gasteiger partial charge in [-0.25, -0.2) is 0 Å². The van der Waals surface area contributed by atoms with Crippen LogP contribution >= 0.6 is 11.3 Å². The SMILES string of the molecule is Cc1cc(C2CC(N)c3ccccc3O2)c(C)s1. The Bertz CT molecular complexity index is 576. The van der Waals surface area contributed by atoms with E-state index < -0.39 is 0 Å². The van der Waals surface area contributed by atoms with Gasteiger partial charge in [-0.05, 0) is 26.0 Å². The molecule has 3 rings (SSSR count). The van der Waals surface area contributed by atoms with Gasteiger partial charge in [0.25, 0.3) is 0 Å². The number of aryl methyl sites for hydroxylation is 2. The fourth-order valence-electron chi connectivity index (χ4n) is 2.61. The van der Waals surface area contributed by atoms with Gasteiger partial charge in [0.15, 0.2) is 0 Å². The third kappa shape index (κ3) is 1.93. The molecule has 0 radical (unpaired) electrons. The predicted octanol–water partition coefficient (Wildman–Crippen LogP) is 3.89. The molecule has 2 nitrogen and oxygen atoms in total. The maximum Gasteiger partial charge on any atom is 0.127 e. The molecule has 2 unspecified atom stereocenters. The van der Waals surface area contributed by atoms with Gasteiger partial charge in [-0.2, -0.15) is 0 Å². The molecule has 0 saturated heterocycles. The highest BCUT2D eigenvalue weighted by Gasteiger charge is 2.28. The molecule has 0 saturated carbocycles. The molecule has 3 heteroatoms. The summed E-state index contributed by atoms with van der Waals surface area (Å²) in [5.41, 5.74) is 8.67. The first-order chi connectivity index (χ1) is 8.65. The van der Waals surface area contributed by atoms with Gasteiger partial charge >= 0.3 is 0 Å². The van der Waals surface area contributed by atoms with Gasteiger partial charge in [0.1, 0.15) is 11.9 Å². The number of thiophene rings is 1. The molecular weight excluding hydrogens is 242 g/mol. The number of fused-ring (bicyclic) bond motifs is 1. The Morgan fingerprint density at radius 3 is 2.72 bits per heavy atom. The highest BCUT2D eigenvalue weighted by molar-refractivity contribution is 7.12. The Labute approximate surface area is 111 Å². The summed E-state index contributed by atoms with van der Waals surface area (Å²) in [6.45, 7) is 4.29. The van der Waals surface area contributed by atoms with E-state index in [2.05, 4.69) is 26.0 Å². The summed E-state index contributed by atoms with van der Waals surface area (Å²) in [5, 5.41) is 0. The number of para-hydroxylation sites is 1. The first kappa shape index (κ1) is 11.8. The molecule has 1 aromatic carbocycles. The maximum atomic E-state index is 6.25. The minimum Gasteiger partial charge on any atom is -0.485 e. The second kappa shape index (κ2) is 4.41. The van der Waals surface area contributed by atoms with E-state index in [9.17, 15) is 0 Å². The van der Waals surface area contributed by atoms with Crippen molar-refractivity contribution in [1.29, 1.82) is 0 Å². The molecule has 1 aliphatic rings. The van der Waals surface area contributed by atoms with E-state index in [4.69, 9.17) is 10.5 Å². The molecule has 2 N–H and O–H groups in total. The van der Waals surface area contributed by atoms with Crippen molar-refractivity contribution in [2.24, 2.45) is 5.73 Å². The van der Waals surface area contributed by atoms with Crippen LogP contribution in [-0.4, -0.2) is 0 Å². The molecule has 18 heavy (non-hydrogen) atoms. The Balaban J connectivity index is 1.97. The molecule has 1 aromatic heterocycles. The highest BCUT2D eigenvalue weighted by atomic mass is 32.1. The Hall–Kier alpha value is -1.32. The number of hydrogen-bond donors (Lipinski definition) is 1. The summed E-state index contributed by atoms with van der Waals surface area (Å²) < 4.78 is 6.11. The van der Waals surface area contributed by atoms with Crippen LogP contribution in [0.4, 0.5) is 0 Å². The van der Waals surface area contributed by atoms with Crippen LogP contribution in [0.3, 0.4) is 0 Å². The molecule has 94 valence electrons. The van der Waals surface area contributed by atoms with E-state index in [1.54, 1.807) is 0 Å². The molecule has 0 bridgehead atoms. The number of nitrogens with two attached hydrogens (primary N) is 1. The Morgan fingerprint density at radius 2 is 2.00 bits per heavy atom. The molecular formula is C15H17NOS. The quantitative estimate of drug-likeness (QED) is 0.843. The van der Waals surface area contributed by atoms with Gasteiger partial charge in [-0.15, -0.1) is 11.3 Å². The van der Waals surface area contributed by atoms with E-state index in [0.29, 0.717) is 0 Å². The van der Waals surface area contributed by atoms with Crippen LogP contribution in [0, 0.1) is 13.8 Å². The molecule has 2 atom stereocenters. The largest absolute Gasteiger partial charge is 0.485 e. The van der Waals surface area contributed by atoms with Gasteiger partial charge in [-0.1, -0.05) is 18.2 Å². The summed E-state index contributed by atoms with van der Waals surface area (Å²) in [6, 6.07) is 10.4. The van der Waals surface area contributed by atoms with E-state index in [1.807, 2.05) is 29.5 Å². The zero-order chi connectivity index (χ0) is 12.7. The normalized spacial score (nSPS) is 22.4. The summed E-state index contributed by atoms with van der Waals surface area (Å²) in [7, 11) is 0. The fourth-order valence-corrected chi connectivity index (χ4v) is 3.59. The number of ether oxygens (including phenoxy) is 1. The van der Waals surface area contributed by atoms with Gasteiger partial charge in [0.2, 0.25) is 0 Å². The fraction of sp³-hybridized carbons (Fsp3) is 0.333. The number of hydrogen-bond acceptors (Lipinski definition) is 3. The van der Waals surface area contributed by atoms with Crippen LogP contribution < -0.4 is 10.5 Å². The zero-order valence-corrected chi connectivity index (χ0v) is 11.5. The molecule has 1 aliphatic heterocycles. The molecule has 2 aromatic rings.